The molecule has 0 aliphatic carbocycles. The normalized spacial score (nSPS) is 21.4. The number of nitrogens with one attached hydrogen (secondary N) is 1. The van der Waals surface area contributed by atoms with E-state index in [0.29, 0.717) is 12.6 Å². The van der Waals surface area contributed by atoms with Crippen LogP contribution in [-0.4, -0.2) is 50.6 Å². The van der Waals surface area contributed by atoms with Crippen LogP contribution in [0.5, 0.6) is 0 Å². The highest BCUT2D eigenvalue weighted by Gasteiger charge is 2.30. The smallest absolute Gasteiger partial charge is 0.241 e. The summed E-state index contributed by atoms with van der Waals surface area (Å²) >= 11 is 3.51. The van der Waals surface area contributed by atoms with Crippen molar-refractivity contribution < 1.29 is 4.79 Å². The van der Waals surface area contributed by atoms with Gasteiger partial charge in [-0.25, -0.2) is 0 Å². The second-order valence-corrected chi connectivity index (χ2v) is 5.44. The van der Waals surface area contributed by atoms with E-state index in [1.54, 1.807) is 0 Å². The number of piperazine rings is 1. The molecule has 18 heavy (non-hydrogen) atoms. The SMILES string of the molecule is CNCC1CN(c2ccccc2Br)C(=O)CN1C. The van der Waals surface area contributed by atoms with Crippen LogP contribution in [0.1, 0.15) is 0 Å². The Morgan fingerprint density at radius 2 is 2.17 bits per heavy atom. The number of rotatable bonds is 3. The molecule has 0 aromatic heterocycles. The summed E-state index contributed by atoms with van der Waals surface area (Å²) in [5, 5.41) is 3.18. The fraction of sp³-hybridized carbons (Fsp3) is 0.462. The molecular weight excluding hydrogens is 294 g/mol. The number of benzene rings is 1. The van der Waals surface area contributed by atoms with E-state index in [1.165, 1.54) is 0 Å². The number of nitrogens with zero attached hydrogens (tertiary/aromatic N) is 2. The summed E-state index contributed by atoms with van der Waals surface area (Å²) in [5.41, 5.74) is 0.955. The van der Waals surface area contributed by atoms with Crippen molar-refractivity contribution in [2.45, 2.75) is 6.04 Å². The Morgan fingerprint density at radius 3 is 2.83 bits per heavy atom. The van der Waals surface area contributed by atoms with Crippen molar-refractivity contribution in [3.63, 3.8) is 0 Å². The van der Waals surface area contributed by atoms with Gasteiger partial charge in [0.1, 0.15) is 0 Å². The highest BCUT2D eigenvalue weighted by Crippen LogP contribution is 2.27. The molecule has 1 aromatic rings. The second kappa shape index (κ2) is 5.82. The van der Waals surface area contributed by atoms with Crippen molar-refractivity contribution in [2.75, 3.05) is 38.6 Å². The largest absolute Gasteiger partial charge is 0.318 e. The van der Waals surface area contributed by atoms with Crippen molar-refractivity contribution in [3.05, 3.63) is 28.7 Å². The first kappa shape index (κ1) is 13.5. The molecule has 2 rings (SSSR count). The van der Waals surface area contributed by atoms with E-state index >= 15 is 0 Å². The maximum Gasteiger partial charge on any atom is 0.241 e. The molecule has 1 heterocycles. The van der Waals surface area contributed by atoms with Gasteiger partial charge in [0.05, 0.1) is 12.2 Å². The predicted molar refractivity (Wildman–Crippen MR) is 76.8 cm³/mol. The average molecular weight is 312 g/mol. The number of likely N-dealkylation sites (N-methyl/N-ethyl adjacent to an activating group) is 2. The Bertz CT molecular complexity index is 438. The summed E-state index contributed by atoms with van der Waals surface area (Å²) in [7, 11) is 3.93. The number of amides is 1. The van der Waals surface area contributed by atoms with Gasteiger partial charge in [0.15, 0.2) is 0 Å². The van der Waals surface area contributed by atoms with Gasteiger partial charge < -0.3 is 10.2 Å². The third-order valence-electron chi connectivity index (χ3n) is 3.29. The number of anilines is 1. The Kier molecular flexibility index (Phi) is 4.37. The van der Waals surface area contributed by atoms with Gasteiger partial charge in [0.2, 0.25) is 5.91 Å². The summed E-state index contributed by atoms with van der Waals surface area (Å²) in [4.78, 5) is 16.1. The predicted octanol–water partition coefficient (Wildman–Crippen LogP) is 1.32. The Labute approximate surface area is 116 Å². The number of hydrogen-bond acceptors (Lipinski definition) is 3. The van der Waals surface area contributed by atoms with Gasteiger partial charge in [0.25, 0.3) is 0 Å². The Morgan fingerprint density at radius 1 is 1.44 bits per heavy atom. The molecule has 0 bridgehead atoms. The standard InChI is InChI=1S/C13H18BrN3O/c1-15-7-10-8-17(13(18)9-16(10)2)12-6-4-3-5-11(12)14/h3-6,10,15H,7-9H2,1-2H3. The van der Waals surface area contributed by atoms with Gasteiger partial charge >= 0.3 is 0 Å². The molecule has 1 amide bonds. The molecule has 1 aliphatic rings. The van der Waals surface area contributed by atoms with Crippen LogP contribution in [0.25, 0.3) is 0 Å². The average Bonchev–Trinajstić information content (AvgIpc) is 2.34. The lowest BCUT2D eigenvalue weighted by Gasteiger charge is -2.39. The van der Waals surface area contributed by atoms with E-state index in [-0.39, 0.29) is 5.91 Å². The molecule has 1 N–H and O–H groups in total. The number of hydrogen-bond donors (Lipinski definition) is 1. The number of para-hydroxylation sites is 1. The zero-order valence-corrected chi connectivity index (χ0v) is 12.3. The van der Waals surface area contributed by atoms with Crippen molar-refractivity contribution in [3.8, 4) is 0 Å². The molecule has 0 radical (unpaired) electrons. The minimum atomic E-state index is 0.150. The maximum absolute atomic E-state index is 12.2. The zero-order valence-electron chi connectivity index (χ0n) is 10.7. The third kappa shape index (κ3) is 2.74. The Hall–Kier alpha value is -0.910. The molecule has 5 heteroatoms. The molecule has 1 aromatic carbocycles. The topological polar surface area (TPSA) is 35.6 Å². The minimum absolute atomic E-state index is 0.150. The van der Waals surface area contributed by atoms with Crippen molar-refractivity contribution in [1.82, 2.24) is 10.2 Å². The van der Waals surface area contributed by atoms with Gasteiger partial charge in [-0.05, 0) is 42.2 Å². The first-order valence-corrected chi connectivity index (χ1v) is 6.82. The number of carbonyl (C=O) groups is 1. The fourth-order valence-corrected chi connectivity index (χ4v) is 2.74. The molecule has 1 atom stereocenters. The van der Waals surface area contributed by atoms with E-state index < -0.39 is 0 Å². The summed E-state index contributed by atoms with van der Waals surface area (Å²) in [5.74, 6) is 0.150. The lowest BCUT2D eigenvalue weighted by atomic mass is 10.1. The van der Waals surface area contributed by atoms with E-state index in [1.807, 2.05) is 43.3 Å². The van der Waals surface area contributed by atoms with Crippen molar-refractivity contribution in [1.29, 1.82) is 0 Å². The lowest BCUT2D eigenvalue weighted by molar-refractivity contribution is -0.121. The lowest BCUT2D eigenvalue weighted by Crippen LogP contribution is -2.57. The molecule has 98 valence electrons. The highest BCUT2D eigenvalue weighted by atomic mass is 79.9. The van der Waals surface area contributed by atoms with Crippen LogP contribution in [0.15, 0.2) is 28.7 Å². The summed E-state index contributed by atoms with van der Waals surface area (Å²) in [6.07, 6.45) is 0. The second-order valence-electron chi connectivity index (χ2n) is 4.58. The number of halogens is 1. The van der Waals surface area contributed by atoms with Crippen LogP contribution in [0.4, 0.5) is 5.69 Å². The Balaban J connectivity index is 2.22. The first-order valence-electron chi connectivity index (χ1n) is 6.03. The monoisotopic (exact) mass is 311 g/mol. The van der Waals surface area contributed by atoms with Crippen LogP contribution in [0, 0.1) is 0 Å². The van der Waals surface area contributed by atoms with E-state index in [9.17, 15) is 4.79 Å². The van der Waals surface area contributed by atoms with Crippen LogP contribution in [0.2, 0.25) is 0 Å². The van der Waals surface area contributed by atoms with E-state index in [4.69, 9.17) is 0 Å². The maximum atomic E-state index is 12.2. The summed E-state index contributed by atoms with van der Waals surface area (Å²) in [6, 6.07) is 8.20. The van der Waals surface area contributed by atoms with Crippen LogP contribution >= 0.6 is 15.9 Å². The van der Waals surface area contributed by atoms with Gasteiger partial charge in [-0.15, -0.1) is 0 Å². The van der Waals surface area contributed by atoms with Crippen LogP contribution in [0.3, 0.4) is 0 Å². The van der Waals surface area contributed by atoms with Crippen molar-refractivity contribution in [2.24, 2.45) is 0 Å². The summed E-state index contributed by atoms with van der Waals surface area (Å²) < 4.78 is 0.964. The van der Waals surface area contributed by atoms with Gasteiger partial charge in [-0.1, -0.05) is 12.1 Å². The molecule has 1 fully saturated rings. The fourth-order valence-electron chi connectivity index (χ4n) is 2.24. The number of carbonyl (C=O) groups excluding carboxylic acids is 1. The molecule has 1 aliphatic heterocycles. The zero-order chi connectivity index (χ0) is 13.1. The molecule has 1 unspecified atom stereocenters. The quantitative estimate of drug-likeness (QED) is 0.914. The van der Waals surface area contributed by atoms with E-state index in [2.05, 4.69) is 26.1 Å². The van der Waals surface area contributed by atoms with Gasteiger partial charge in [0, 0.05) is 23.6 Å². The van der Waals surface area contributed by atoms with Gasteiger partial charge in [-0.3, -0.25) is 9.69 Å². The van der Waals surface area contributed by atoms with Crippen LogP contribution in [-0.2, 0) is 4.79 Å². The molecular formula is C13H18BrN3O. The third-order valence-corrected chi connectivity index (χ3v) is 3.96. The first-order chi connectivity index (χ1) is 8.63. The highest BCUT2D eigenvalue weighted by molar-refractivity contribution is 9.10. The molecule has 1 saturated heterocycles. The minimum Gasteiger partial charge on any atom is -0.318 e. The summed E-state index contributed by atoms with van der Waals surface area (Å²) in [6.45, 7) is 2.07. The van der Waals surface area contributed by atoms with Crippen LogP contribution < -0.4 is 10.2 Å². The van der Waals surface area contributed by atoms with Gasteiger partial charge in [-0.2, -0.15) is 0 Å². The molecule has 0 saturated carbocycles. The van der Waals surface area contributed by atoms with Crippen molar-refractivity contribution >= 4 is 27.5 Å². The van der Waals surface area contributed by atoms with E-state index in [0.717, 1.165) is 23.2 Å². The molecule has 0 spiro atoms. The molecule has 4 nitrogen and oxygen atoms in total.